The maximum absolute atomic E-state index is 14.3. The Balaban J connectivity index is 1.99. The lowest BCUT2D eigenvalue weighted by atomic mass is 9.77. The lowest BCUT2D eigenvalue weighted by molar-refractivity contribution is 0.00578. The molecule has 0 amide bonds. The number of carbonyl (C=O) groups is 1. The van der Waals surface area contributed by atoms with Gasteiger partial charge in [-0.15, -0.1) is 0 Å². The SMILES string of the molecule is CC1(C)OB(c2cc3c(cc2F)C(=O)CCO3)OC1(C)C. The molecule has 0 unspecified atom stereocenters. The lowest BCUT2D eigenvalue weighted by Gasteiger charge is -2.32. The number of ketones is 1. The first-order valence-corrected chi connectivity index (χ1v) is 7.06. The maximum Gasteiger partial charge on any atom is 0.497 e. The number of ether oxygens (including phenoxy) is 1. The molecular formula is C15H18BFO4. The molecule has 112 valence electrons. The number of hydrogen-bond acceptors (Lipinski definition) is 4. The van der Waals surface area contributed by atoms with Gasteiger partial charge in [0.1, 0.15) is 11.6 Å². The first-order chi connectivity index (χ1) is 9.71. The molecule has 0 radical (unpaired) electrons. The Morgan fingerprint density at radius 2 is 1.76 bits per heavy atom. The number of halogens is 1. The van der Waals surface area contributed by atoms with Crippen LogP contribution in [0.3, 0.4) is 0 Å². The van der Waals surface area contributed by atoms with Crippen LogP contribution in [0, 0.1) is 5.82 Å². The third kappa shape index (κ3) is 2.26. The summed E-state index contributed by atoms with van der Waals surface area (Å²) >= 11 is 0. The van der Waals surface area contributed by atoms with E-state index < -0.39 is 24.1 Å². The topological polar surface area (TPSA) is 44.8 Å². The van der Waals surface area contributed by atoms with E-state index in [1.54, 1.807) is 0 Å². The summed E-state index contributed by atoms with van der Waals surface area (Å²) < 4.78 is 31.5. The molecule has 1 aromatic carbocycles. The van der Waals surface area contributed by atoms with Gasteiger partial charge in [-0.05, 0) is 39.8 Å². The van der Waals surface area contributed by atoms with Gasteiger partial charge < -0.3 is 14.0 Å². The molecule has 0 saturated carbocycles. The zero-order chi connectivity index (χ0) is 15.4. The van der Waals surface area contributed by atoms with E-state index >= 15 is 0 Å². The normalized spacial score (nSPS) is 22.9. The number of fused-ring (bicyclic) bond motifs is 1. The van der Waals surface area contributed by atoms with Crippen molar-refractivity contribution in [3.05, 3.63) is 23.5 Å². The fourth-order valence-corrected chi connectivity index (χ4v) is 2.45. The van der Waals surface area contributed by atoms with Gasteiger partial charge in [-0.1, -0.05) is 0 Å². The van der Waals surface area contributed by atoms with Crippen molar-refractivity contribution in [1.29, 1.82) is 0 Å². The molecule has 21 heavy (non-hydrogen) atoms. The average Bonchev–Trinajstić information content (AvgIpc) is 2.59. The minimum absolute atomic E-state index is 0.101. The van der Waals surface area contributed by atoms with Crippen LogP contribution in [-0.4, -0.2) is 30.7 Å². The summed E-state index contributed by atoms with van der Waals surface area (Å²) in [5, 5.41) is 0. The van der Waals surface area contributed by atoms with Crippen molar-refractivity contribution in [3.8, 4) is 5.75 Å². The average molecular weight is 292 g/mol. The molecule has 1 aromatic rings. The fraction of sp³-hybridized carbons (Fsp3) is 0.533. The zero-order valence-corrected chi connectivity index (χ0v) is 12.7. The molecule has 1 saturated heterocycles. The smallest absolute Gasteiger partial charge is 0.492 e. The third-order valence-corrected chi connectivity index (χ3v) is 4.49. The van der Waals surface area contributed by atoms with Gasteiger partial charge >= 0.3 is 7.12 Å². The first-order valence-electron chi connectivity index (χ1n) is 7.06. The van der Waals surface area contributed by atoms with Crippen LogP contribution in [0.5, 0.6) is 5.75 Å². The predicted molar refractivity (Wildman–Crippen MR) is 76.6 cm³/mol. The highest BCUT2D eigenvalue weighted by molar-refractivity contribution is 6.62. The number of carbonyl (C=O) groups excluding carboxylic acids is 1. The number of Topliss-reactive ketones (excluding diaryl/α,β-unsaturated/α-hetero) is 1. The third-order valence-electron chi connectivity index (χ3n) is 4.49. The second kappa shape index (κ2) is 4.55. The van der Waals surface area contributed by atoms with E-state index in [0.29, 0.717) is 17.9 Å². The van der Waals surface area contributed by atoms with Gasteiger partial charge in [-0.2, -0.15) is 0 Å². The van der Waals surface area contributed by atoms with Crippen LogP contribution in [0.1, 0.15) is 44.5 Å². The summed E-state index contributed by atoms with van der Waals surface area (Å²) in [6.45, 7) is 7.94. The molecule has 2 heterocycles. The van der Waals surface area contributed by atoms with Crippen LogP contribution in [0.15, 0.2) is 12.1 Å². The largest absolute Gasteiger partial charge is 0.497 e. The highest BCUT2D eigenvalue weighted by Gasteiger charge is 2.52. The molecular weight excluding hydrogens is 274 g/mol. The molecule has 1 fully saturated rings. The zero-order valence-electron chi connectivity index (χ0n) is 12.7. The van der Waals surface area contributed by atoms with Gasteiger partial charge in [-0.3, -0.25) is 4.79 Å². The van der Waals surface area contributed by atoms with Crippen molar-refractivity contribution in [3.63, 3.8) is 0 Å². The van der Waals surface area contributed by atoms with Gasteiger partial charge in [0.25, 0.3) is 0 Å². The van der Waals surface area contributed by atoms with Crippen LogP contribution in [0.4, 0.5) is 4.39 Å². The number of rotatable bonds is 1. The van der Waals surface area contributed by atoms with E-state index in [4.69, 9.17) is 14.0 Å². The molecule has 3 rings (SSSR count). The Labute approximate surface area is 123 Å². The fourth-order valence-electron chi connectivity index (χ4n) is 2.45. The van der Waals surface area contributed by atoms with Crippen LogP contribution in [-0.2, 0) is 9.31 Å². The minimum atomic E-state index is -0.805. The molecule has 6 heteroatoms. The predicted octanol–water partition coefficient (Wildman–Crippen LogP) is 2.09. The minimum Gasteiger partial charge on any atom is -0.492 e. The summed E-state index contributed by atoms with van der Waals surface area (Å²) in [6.07, 6.45) is 0.280. The van der Waals surface area contributed by atoms with E-state index in [1.807, 2.05) is 27.7 Å². The van der Waals surface area contributed by atoms with Crippen LogP contribution >= 0.6 is 0 Å². The van der Waals surface area contributed by atoms with Crippen LogP contribution in [0.2, 0.25) is 0 Å². The first kappa shape index (κ1) is 14.5. The monoisotopic (exact) mass is 292 g/mol. The second-order valence-electron chi connectivity index (χ2n) is 6.48. The Morgan fingerprint density at radius 1 is 1.14 bits per heavy atom. The Kier molecular flexibility index (Phi) is 3.15. The molecule has 0 aliphatic carbocycles. The summed E-state index contributed by atoms with van der Waals surface area (Å²) in [5.41, 5.74) is -0.533. The summed E-state index contributed by atoms with van der Waals surface area (Å²) in [4.78, 5) is 11.8. The highest BCUT2D eigenvalue weighted by atomic mass is 19.1. The van der Waals surface area contributed by atoms with Gasteiger partial charge in [0.2, 0.25) is 0 Å². The van der Waals surface area contributed by atoms with Crippen molar-refractivity contribution in [2.45, 2.75) is 45.3 Å². The van der Waals surface area contributed by atoms with E-state index in [1.165, 1.54) is 12.1 Å². The molecule has 2 aliphatic heterocycles. The summed E-state index contributed by atoms with van der Waals surface area (Å²) in [5.74, 6) is -0.209. The van der Waals surface area contributed by atoms with E-state index in [-0.39, 0.29) is 17.7 Å². The van der Waals surface area contributed by atoms with E-state index in [0.717, 1.165) is 0 Å². The molecule has 2 aliphatic rings. The molecule has 0 aromatic heterocycles. The van der Waals surface area contributed by atoms with E-state index in [9.17, 15) is 9.18 Å². The van der Waals surface area contributed by atoms with Gasteiger partial charge in [0, 0.05) is 11.9 Å². The highest BCUT2D eigenvalue weighted by Crippen LogP contribution is 2.37. The van der Waals surface area contributed by atoms with Crippen molar-refractivity contribution in [2.75, 3.05) is 6.61 Å². The Hall–Kier alpha value is -1.40. The molecule has 4 nitrogen and oxygen atoms in total. The molecule has 0 atom stereocenters. The second-order valence-corrected chi connectivity index (χ2v) is 6.48. The molecule has 0 spiro atoms. The Morgan fingerprint density at radius 3 is 2.38 bits per heavy atom. The van der Waals surface area contributed by atoms with Crippen molar-refractivity contribution < 1.29 is 23.2 Å². The summed E-state index contributed by atoms with van der Waals surface area (Å²) in [7, 11) is -0.805. The van der Waals surface area contributed by atoms with Gasteiger partial charge in [0.05, 0.1) is 23.4 Å². The van der Waals surface area contributed by atoms with Crippen molar-refractivity contribution >= 4 is 18.4 Å². The van der Waals surface area contributed by atoms with Crippen molar-refractivity contribution in [1.82, 2.24) is 0 Å². The Bertz CT molecular complexity index is 596. The molecule has 0 bridgehead atoms. The van der Waals surface area contributed by atoms with Crippen LogP contribution < -0.4 is 10.2 Å². The summed E-state index contributed by atoms with van der Waals surface area (Å²) in [6, 6.07) is 2.74. The van der Waals surface area contributed by atoms with Gasteiger partial charge in [0.15, 0.2) is 5.78 Å². The number of hydrogen-bond donors (Lipinski definition) is 0. The quantitative estimate of drug-likeness (QED) is 0.743. The number of benzene rings is 1. The van der Waals surface area contributed by atoms with E-state index in [2.05, 4.69) is 0 Å². The molecule has 0 N–H and O–H groups in total. The lowest BCUT2D eigenvalue weighted by Crippen LogP contribution is -2.41. The maximum atomic E-state index is 14.3. The van der Waals surface area contributed by atoms with Crippen molar-refractivity contribution in [2.24, 2.45) is 0 Å². The van der Waals surface area contributed by atoms with Gasteiger partial charge in [-0.25, -0.2) is 4.39 Å². The van der Waals surface area contributed by atoms with Crippen LogP contribution in [0.25, 0.3) is 0 Å². The standard InChI is InChI=1S/C15H18BFO4/c1-14(2)15(3,4)21-16(20-14)10-8-13-9(7-11(10)17)12(18)5-6-19-13/h7-8H,5-6H2,1-4H3.